The van der Waals surface area contributed by atoms with E-state index in [0.29, 0.717) is 30.6 Å². The molecule has 0 saturated heterocycles. The Bertz CT molecular complexity index is 1070. The molecule has 1 heterocycles. The smallest absolute Gasteiger partial charge is 0.226 e. The predicted molar refractivity (Wildman–Crippen MR) is 122 cm³/mol. The highest BCUT2D eigenvalue weighted by Gasteiger charge is 2.11. The topological polar surface area (TPSA) is 109 Å². The first kappa shape index (κ1) is 22.5. The lowest BCUT2D eigenvalue weighted by atomic mass is 10.2. The highest BCUT2D eigenvalue weighted by molar-refractivity contribution is 7.89. The lowest BCUT2D eigenvalue weighted by Gasteiger charge is -2.11. The van der Waals surface area contributed by atoms with Gasteiger partial charge in [-0.25, -0.2) is 23.1 Å². The van der Waals surface area contributed by atoms with Crippen molar-refractivity contribution in [3.63, 3.8) is 0 Å². The predicted octanol–water partition coefficient (Wildman–Crippen LogP) is 2.52. The second kappa shape index (κ2) is 11.3. The summed E-state index contributed by atoms with van der Waals surface area (Å²) < 4.78 is 32.6. The fourth-order valence-electron chi connectivity index (χ4n) is 2.76. The van der Waals surface area contributed by atoms with Crippen LogP contribution in [0.3, 0.4) is 0 Å². The Morgan fingerprint density at radius 3 is 2.45 bits per heavy atom. The van der Waals surface area contributed by atoms with E-state index in [0.717, 1.165) is 11.1 Å². The second-order valence-corrected chi connectivity index (χ2v) is 8.68. The standard InChI is InChI=1S/C22H27N5O3S/c1-2-23-22(24-13-14-31(28,29)26-15-18-9-5-3-6-10-18)25-16-20-17-30-21(27-20)19-11-7-4-8-12-19/h3-12,17,26H,2,13-16H2,1H3,(H2,23,24,25). The zero-order valence-corrected chi connectivity index (χ0v) is 18.2. The minimum Gasteiger partial charge on any atom is -0.444 e. The molecule has 9 heteroatoms. The first-order valence-corrected chi connectivity index (χ1v) is 11.7. The van der Waals surface area contributed by atoms with E-state index in [1.807, 2.05) is 67.6 Å². The fourth-order valence-corrected chi connectivity index (χ4v) is 3.66. The molecule has 0 atom stereocenters. The van der Waals surface area contributed by atoms with Gasteiger partial charge < -0.3 is 15.1 Å². The number of aliphatic imine (C=N–C) groups is 1. The Hall–Kier alpha value is -3.17. The molecule has 1 aromatic heterocycles. The van der Waals surface area contributed by atoms with Gasteiger partial charge in [-0.2, -0.15) is 0 Å². The molecule has 0 bridgehead atoms. The van der Waals surface area contributed by atoms with Crippen molar-refractivity contribution in [1.82, 2.24) is 20.3 Å². The van der Waals surface area contributed by atoms with Crippen molar-refractivity contribution < 1.29 is 12.8 Å². The Morgan fingerprint density at radius 2 is 1.74 bits per heavy atom. The summed E-state index contributed by atoms with van der Waals surface area (Å²) in [7, 11) is -3.41. The average Bonchev–Trinajstić information content (AvgIpc) is 3.26. The molecule has 0 fully saturated rings. The SMILES string of the molecule is CCNC(=NCc1coc(-c2ccccc2)n1)NCCS(=O)(=O)NCc1ccccc1. The van der Waals surface area contributed by atoms with Crippen molar-refractivity contribution in [3.05, 3.63) is 78.2 Å². The number of aromatic nitrogens is 1. The first-order valence-electron chi connectivity index (χ1n) is 10.1. The van der Waals surface area contributed by atoms with Crippen molar-refractivity contribution >= 4 is 16.0 Å². The van der Waals surface area contributed by atoms with Gasteiger partial charge in [-0.05, 0) is 24.6 Å². The van der Waals surface area contributed by atoms with E-state index < -0.39 is 10.0 Å². The first-order chi connectivity index (χ1) is 15.1. The lowest BCUT2D eigenvalue weighted by molar-refractivity contribution is 0.572. The molecule has 3 N–H and O–H groups in total. The van der Waals surface area contributed by atoms with Gasteiger partial charge in [-0.1, -0.05) is 48.5 Å². The summed E-state index contributed by atoms with van der Waals surface area (Å²) in [4.78, 5) is 8.91. The Labute approximate surface area is 182 Å². The third-order valence-corrected chi connectivity index (χ3v) is 5.64. The average molecular weight is 442 g/mol. The quantitative estimate of drug-likeness (QED) is 0.330. The molecule has 164 valence electrons. The minimum atomic E-state index is -3.41. The summed E-state index contributed by atoms with van der Waals surface area (Å²) in [5.74, 6) is 0.996. The molecule has 31 heavy (non-hydrogen) atoms. The molecular formula is C22H27N5O3S. The van der Waals surface area contributed by atoms with E-state index in [-0.39, 0.29) is 18.8 Å². The van der Waals surface area contributed by atoms with E-state index in [1.165, 1.54) is 0 Å². The molecule has 0 aliphatic heterocycles. The van der Waals surface area contributed by atoms with Crippen LogP contribution < -0.4 is 15.4 Å². The number of nitrogens with one attached hydrogen (secondary N) is 3. The normalized spacial score (nSPS) is 12.0. The van der Waals surface area contributed by atoms with Gasteiger partial charge in [-0.15, -0.1) is 0 Å². The van der Waals surface area contributed by atoms with Crippen LogP contribution in [0.25, 0.3) is 11.5 Å². The number of benzene rings is 2. The summed E-state index contributed by atoms with van der Waals surface area (Å²) in [6, 6.07) is 19.0. The Balaban J connectivity index is 1.50. The molecular weight excluding hydrogens is 414 g/mol. The Morgan fingerprint density at radius 1 is 1.03 bits per heavy atom. The van der Waals surface area contributed by atoms with Gasteiger partial charge in [0, 0.05) is 25.2 Å². The van der Waals surface area contributed by atoms with Crippen LogP contribution in [0, 0.1) is 0 Å². The van der Waals surface area contributed by atoms with Crippen LogP contribution in [-0.4, -0.2) is 38.2 Å². The molecule has 2 aromatic carbocycles. The molecule has 0 unspecified atom stereocenters. The lowest BCUT2D eigenvalue weighted by Crippen LogP contribution is -2.41. The summed E-state index contributed by atoms with van der Waals surface area (Å²) in [5, 5.41) is 6.15. The number of sulfonamides is 1. The molecule has 3 aromatic rings. The minimum absolute atomic E-state index is 0.0631. The number of hydrogen-bond acceptors (Lipinski definition) is 5. The number of hydrogen-bond donors (Lipinski definition) is 3. The molecule has 0 spiro atoms. The molecule has 0 saturated carbocycles. The molecule has 0 aliphatic carbocycles. The van der Waals surface area contributed by atoms with Crippen LogP contribution in [-0.2, 0) is 23.1 Å². The van der Waals surface area contributed by atoms with Gasteiger partial charge in [0.2, 0.25) is 15.9 Å². The molecule has 0 aliphatic rings. The van der Waals surface area contributed by atoms with Gasteiger partial charge in [0.25, 0.3) is 0 Å². The van der Waals surface area contributed by atoms with Crippen molar-refractivity contribution in [1.29, 1.82) is 0 Å². The number of rotatable bonds is 10. The summed E-state index contributed by atoms with van der Waals surface area (Å²) >= 11 is 0. The van der Waals surface area contributed by atoms with Crippen LogP contribution in [0.5, 0.6) is 0 Å². The van der Waals surface area contributed by atoms with Gasteiger partial charge >= 0.3 is 0 Å². The number of nitrogens with zero attached hydrogens (tertiary/aromatic N) is 2. The molecule has 0 radical (unpaired) electrons. The monoisotopic (exact) mass is 441 g/mol. The maximum atomic E-state index is 12.2. The van der Waals surface area contributed by atoms with Crippen molar-refractivity contribution in [3.8, 4) is 11.5 Å². The maximum absolute atomic E-state index is 12.2. The number of oxazole rings is 1. The van der Waals surface area contributed by atoms with Gasteiger partial charge in [0.05, 0.1) is 12.3 Å². The van der Waals surface area contributed by atoms with Crippen molar-refractivity contribution in [2.75, 3.05) is 18.8 Å². The van der Waals surface area contributed by atoms with E-state index in [2.05, 4.69) is 25.3 Å². The maximum Gasteiger partial charge on any atom is 0.226 e. The zero-order valence-electron chi connectivity index (χ0n) is 17.4. The number of guanidine groups is 1. The molecule has 3 rings (SSSR count). The van der Waals surface area contributed by atoms with Gasteiger partial charge in [0.1, 0.15) is 12.0 Å². The van der Waals surface area contributed by atoms with E-state index >= 15 is 0 Å². The van der Waals surface area contributed by atoms with Crippen LogP contribution in [0.2, 0.25) is 0 Å². The van der Waals surface area contributed by atoms with Crippen LogP contribution >= 0.6 is 0 Å². The summed E-state index contributed by atoms with van der Waals surface area (Å²) in [6.07, 6.45) is 1.58. The van der Waals surface area contributed by atoms with Gasteiger partial charge in [-0.3, -0.25) is 0 Å². The largest absolute Gasteiger partial charge is 0.444 e. The van der Waals surface area contributed by atoms with E-state index in [4.69, 9.17) is 4.42 Å². The third-order valence-electron chi connectivity index (χ3n) is 4.32. The van der Waals surface area contributed by atoms with Gasteiger partial charge in [0.15, 0.2) is 5.96 Å². The Kier molecular flexibility index (Phi) is 8.19. The summed E-state index contributed by atoms with van der Waals surface area (Å²) in [6.45, 7) is 3.40. The van der Waals surface area contributed by atoms with Crippen LogP contribution in [0.15, 0.2) is 76.3 Å². The second-order valence-electron chi connectivity index (χ2n) is 6.76. The molecule has 0 amide bonds. The van der Waals surface area contributed by atoms with E-state index in [1.54, 1.807) is 6.26 Å². The molecule has 8 nitrogen and oxygen atoms in total. The van der Waals surface area contributed by atoms with E-state index in [9.17, 15) is 8.42 Å². The van der Waals surface area contributed by atoms with Crippen LogP contribution in [0.4, 0.5) is 0 Å². The van der Waals surface area contributed by atoms with Crippen LogP contribution in [0.1, 0.15) is 18.2 Å². The highest BCUT2D eigenvalue weighted by atomic mass is 32.2. The van der Waals surface area contributed by atoms with Crippen molar-refractivity contribution in [2.24, 2.45) is 4.99 Å². The highest BCUT2D eigenvalue weighted by Crippen LogP contribution is 2.18. The van der Waals surface area contributed by atoms with Crippen molar-refractivity contribution in [2.45, 2.75) is 20.0 Å². The third kappa shape index (κ3) is 7.54. The fraction of sp³-hybridized carbons (Fsp3) is 0.273. The zero-order chi connectivity index (χ0) is 21.9. The summed E-state index contributed by atoms with van der Waals surface area (Å²) in [5.41, 5.74) is 2.50.